The molecule has 0 bridgehead atoms. The second-order valence-electron chi connectivity index (χ2n) is 4.05. The zero-order valence-electron chi connectivity index (χ0n) is 10.0. The molecule has 0 aliphatic heterocycles. The Morgan fingerprint density at radius 1 is 1.22 bits per heavy atom. The predicted molar refractivity (Wildman–Crippen MR) is 75.0 cm³/mol. The van der Waals surface area contributed by atoms with Gasteiger partial charge < -0.3 is 4.74 Å². The first-order chi connectivity index (χ1) is 8.70. The number of hydrogen-bond acceptors (Lipinski definition) is 2. The van der Waals surface area contributed by atoms with Crippen molar-refractivity contribution < 1.29 is 9.53 Å². The van der Waals surface area contributed by atoms with Crippen molar-refractivity contribution in [2.45, 2.75) is 13.5 Å². The quantitative estimate of drug-likeness (QED) is 0.793. The van der Waals surface area contributed by atoms with Crippen LogP contribution in [0.15, 0.2) is 46.9 Å². The molecule has 0 radical (unpaired) electrons. The van der Waals surface area contributed by atoms with E-state index in [1.807, 2.05) is 37.3 Å². The summed E-state index contributed by atoms with van der Waals surface area (Å²) in [5.74, 6) is 0.598. The maximum absolute atomic E-state index is 11.0. The fraction of sp³-hybridized carbons (Fsp3) is 0.133. The second kappa shape index (κ2) is 5.83. The minimum atomic E-state index is 0.457. The van der Waals surface area contributed by atoms with Crippen LogP contribution in [-0.4, -0.2) is 6.29 Å². The normalized spacial score (nSPS) is 10.1. The van der Waals surface area contributed by atoms with Gasteiger partial charge in [-0.2, -0.15) is 0 Å². The third-order valence-electron chi connectivity index (χ3n) is 2.61. The number of ether oxygens (including phenoxy) is 1. The van der Waals surface area contributed by atoms with E-state index in [0.29, 0.717) is 17.9 Å². The van der Waals surface area contributed by atoms with E-state index in [4.69, 9.17) is 4.74 Å². The van der Waals surface area contributed by atoms with Crippen molar-refractivity contribution in [3.8, 4) is 5.75 Å². The van der Waals surface area contributed by atoms with Gasteiger partial charge in [0, 0.05) is 4.47 Å². The molecule has 3 heteroatoms. The Balaban J connectivity index is 2.15. The number of aryl methyl sites for hydroxylation is 1. The molecule has 92 valence electrons. The largest absolute Gasteiger partial charge is 0.488 e. The summed E-state index contributed by atoms with van der Waals surface area (Å²) in [4.78, 5) is 11.0. The second-order valence-corrected chi connectivity index (χ2v) is 4.90. The van der Waals surface area contributed by atoms with Gasteiger partial charge in [-0.15, -0.1) is 0 Å². The van der Waals surface area contributed by atoms with E-state index >= 15 is 0 Å². The Labute approximate surface area is 115 Å². The maximum Gasteiger partial charge on any atom is 0.154 e. The Morgan fingerprint density at radius 3 is 2.72 bits per heavy atom. The molecule has 0 saturated heterocycles. The molecule has 2 rings (SSSR count). The smallest absolute Gasteiger partial charge is 0.154 e. The molecule has 2 aromatic carbocycles. The van der Waals surface area contributed by atoms with Gasteiger partial charge in [0.25, 0.3) is 0 Å². The summed E-state index contributed by atoms with van der Waals surface area (Å²) in [7, 11) is 0. The number of rotatable bonds is 4. The standard InChI is InChI=1S/C15H13BrO2/c1-11-4-2-5-12(8-11)10-18-15-7-3-6-14(16)13(15)9-17/h2-9H,10H2,1H3. The van der Waals surface area contributed by atoms with Gasteiger partial charge in [-0.3, -0.25) is 4.79 Å². The minimum absolute atomic E-state index is 0.457. The molecule has 0 aliphatic carbocycles. The number of halogens is 1. The molecule has 2 aromatic rings. The topological polar surface area (TPSA) is 26.3 Å². The SMILES string of the molecule is Cc1cccc(COc2cccc(Br)c2C=O)c1. The molecule has 0 unspecified atom stereocenters. The molecule has 18 heavy (non-hydrogen) atoms. The molecule has 2 nitrogen and oxygen atoms in total. The van der Waals surface area contributed by atoms with Crippen LogP contribution in [0.2, 0.25) is 0 Å². The van der Waals surface area contributed by atoms with Crippen LogP contribution in [0.1, 0.15) is 21.5 Å². The first-order valence-electron chi connectivity index (χ1n) is 5.63. The number of aldehydes is 1. The van der Waals surface area contributed by atoms with Crippen LogP contribution in [-0.2, 0) is 6.61 Å². The van der Waals surface area contributed by atoms with Crippen molar-refractivity contribution in [3.05, 3.63) is 63.6 Å². The highest BCUT2D eigenvalue weighted by Crippen LogP contribution is 2.25. The van der Waals surface area contributed by atoms with Gasteiger partial charge in [0.15, 0.2) is 6.29 Å². The molecule has 0 fully saturated rings. The lowest BCUT2D eigenvalue weighted by Gasteiger charge is -2.09. The van der Waals surface area contributed by atoms with Crippen LogP contribution in [0, 0.1) is 6.92 Å². The van der Waals surface area contributed by atoms with Crippen LogP contribution in [0.4, 0.5) is 0 Å². The molecule has 0 saturated carbocycles. The molecule has 0 spiro atoms. The zero-order valence-corrected chi connectivity index (χ0v) is 11.6. The van der Waals surface area contributed by atoms with Gasteiger partial charge in [0.2, 0.25) is 0 Å². The van der Waals surface area contributed by atoms with E-state index in [0.717, 1.165) is 16.3 Å². The lowest BCUT2D eigenvalue weighted by Crippen LogP contribution is -1.99. The predicted octanol–water partition coefficient (Wildman–Crippen LogP) is 4.15. The summed E-state index contributed by atoms with van der Waals surface area (Å²) >= 11 is 3.33. The van der Waals surface area contributed by atoms with Gasteiger partial charge in [-0.05, 0) is 40.5 Å². The van der Waals surface area contributed by atoms with Crippen LogP contribution >= 0.6 is 15.9 Å². The van der Waals surface area contributed by atoms with E-state index in [9.17, 15) is 4.79 Å². The van der Waals surface area contributed by atoms with Crippen molar-refractivity contribution in [2.24, 2.45) is 0 Å². The molecule has 0 heterocycles. The molecular weight excluding hydrogens is 292 g/mol. The number of hydrogen-bond donors (Lipinski definition) is 0. The molecular formula is C15H13BrO2. The molecule has 0 aliphatic rings. The molecule has 0 N–H and O–H groups in total. The van der Waals surface area contributed by atoms with Crippen LogP contribution in [0.25, 0.3) is 0 Å². The highest BCUT2D eigenvalue weighted by Gasteiger charge is 2.06. The average Bonchev–Trinajstić information content (AvgIpc) is 2.36. The van der Waals surface area contributed by atoms with E-state index in [1.54, 1.807) is 6.07 Å². The Hall–Kier alpha value is -1.61. The van der Waals surface area contributed by atoms with Crippen molar-refractivity contribution in [2.75, 3.05) is 0 Å². The number of carbonyl (C=O) groups excluding carboxylic acids is 1. The molecule has 0 amide bonds. The zero-order chi connectivity index (χ0) is 13.0. The van der Waals surface area contributed by atoms with E-state index < -0.39 is 0 Å². The maximum atomic E-state index is 11.0. The highest BCUT2D eigenvalue weighted by atomic mass is 79.9. The fourth-order valence-electron chi connectivity index (χ4n) is 1.72. The van der Waals surface area contributed by atoms with Crippen LogP contribution in [0.3, 0.4) is 0 Å². The van der Waals surface area contributed by atoms with Gasteiger partial charge >= 0.3 is 0 Å². The van der Waals surface area contributed by atoms with E-state index in [2.05, 4.69) is 22.0 Å². The van der Waals surface area contributed by atoms with Gasteiger partial charge in [-0.1, -0.05) is 35.9 Å². The third-order valence-corrected chi connectivity index (χ3v) is 3.30. The summed E-state index contributed by atoms with van der Waals surface area (Å²) in [6.07, 6.45) is 0.801. The highest BCUT2D eigenvalue weighted by molar-refractivity contribution is 9.10. The van der Waals surface area contributed by atoms with Gasteiger partial charge in [0.05, 0.1) is 5.56 Å². The minimum Gasteiger partial charge on any atom is -0.488 e. The Bertz CT molecular complexity index is 564. The summed E-state index contributed by atoms with van der Waals surface area (Å²) in [5, 5.41) is 0. The lowest BCUT2D eigenvalue weighted by molar-refractivity contribution is 0.111. The number of carbonyl (C=O) groups is 1. The lowest BCUT2D eigenvalue weighted by atomic mass is 10.1. The summed E-state index contributed by atoms with van der Waals surface area (Å²) in [5.41, 5.74) is 2.83. The number of benzene rings is 2. The average molecular weight is 305 g/mol. The Kier molecular flexibility index (Phi) is 4.15. The molecule has 0 aromatic heterocycles. The van der Waals surface area contributed by atoms with Crippen molar-refractivity contribution in [1.82, 2.24) is 0 Å². The Morgan fingerprint density at radius 2 is 2.00 bits per heavy atom. The first-order valence-corrected chi connectivity index (χ1v) is 6.42. The van der Waals surface area contributed by atoms with E-state index in [-0.39, 0.29) is 0 Å². The van der Waals surface area contributed by atoms with Gasteiger partial charge in [-0.25, -0.2) is 0 Å². The van der Waals surface area contributed by atoms with Crippen LogP contribution in [0.5, 0.6) is 5.75 Å². The first kappa shape index (κ1) is 12.8. The van der Waals surface area contributed by atoms with Crippen molar-refractivity contribution in [3.63, 3.8) is 0 Å². The third kappa shape index (κ3) is 2.99. The molecule has 0 atom stereocenters. The summed E-state index contributed by atoms with van der Waals surface area (Å²) < 4.78 is 6.44. The van der Waals surface area contributed by atoms with E-state index in [1.165, 1.54) is 5.56 Å². The van der Waals surface area contributed by atoms with Gasteiger partial charge in [0.1, 0.15) is 12.4 Å². The van der Waals surface area contributed by atoms with Crippen molar-refractivity contribution in [1.29, 1.82) is 0 Å². The summed E-state index contributed by atoms with van der Waals surface area (Å²) in [6, 6.07) is 13.6. The van der Waals surface area contributed by atoms with Crippen molar-refractivity contribution >= 4 is 22.2 Å². The summed E-state index contributed by atoms with van der Waals surface area (Å²) in [6.45, 7) is 2.50. The monoisotopic (exact) mass is 304 g/mol. The fourth-order valence-corrected chi connectivity index (χ4v) is 2.16. The van der Waals surface area contributed by atoms with Crippen LogP contribution < -0.4 is 4.74 Å².